The molecule has 3 rings (SSSR count). The van der Waals surface area contributed by atoms with E-state index < -0.39 is 21.8 Å². The molecule has 1 aliphatic heterocycles. The minimum absolute atomic E-state index is 0.123. The van der Waals surface area contributed by atoms with Crippen LogP contribution in [0.4, 0.5) is 10.1 Å². The maximum Gasteiger partial charge on any atom is 0.243 e. The van der Waals surface area contributed by atoms with Crippen LogP contribution in [-0.2, 0) is 14.8 Å². The zero-order valence-corrected chi connectivity index (χ0v) is 14.4. The summed E-state index contributed by atoms with van der Waals surface area (Å²) >= 11 is 0. The molecule has 7 heteroatoms. The number of amides is 1. The van der Waals surface area contributed by atoms with Crippen LogP contribution in [0.25, 0.3) is 0 Å². The monoisotopic (exact) mass is 362 g/mol. The summed E-state index contributed by atoms with van der Waals surface area (Å²) in [5, 5.41) is 2.66. The van der Waals surface area contributed by atoms with Crippen LogP contribution >= 0.6 is 0 Å². The second kappa shape index (κ2) is 7.33. The van der Waals surface area contributed by atoms with Gasteiger partial charge >= 0.3 is 0 Å². The first-order valence-electron chi connectivity index (χ1n) is 8.08. The Morgan fingerprint density at radius 2 is 1.88 bits per heavy atom. The van der Waals surface area contributed by atoms with Gasteiger partial charge in [0, 0.05) is 18.8 Å². The number of benzene rings is 2. The summed E-state index contributed by atoms with van der Waals surface area (Å²) in [5.41, 5.74) is 0.369. The van der Waals surface area contributed by atoms with Crippen molar-refractivity contribution < 1.29 is 17.6 Å². The fourth-order valence-corrected chi connectivity index (χ4v) is 4.47. The first-order valence-corrected chi connectivity index (χ1v) is 9.52. The van der Waals surface area contributed by atoms with Gasteiger partial charge in [0.1, 0.15) is 5.82 Å². The van der Waals surface area contributed by atoms with Crippen molar-refractivity contribution in [2.45, 2.75) is 17.7 Å². The van der Waals surface area contributed by atoms with Gasteiger partial charge in [-0.25, -0.2) is 12.8 Å². The van der Waals surface area contributed by atoms with Gasteiger partial charge in [0.2, 0.25) is 15.9 Å². The Morgan fingerprint density at radius 3 is 2.60 bits per heavy atom. The molecule has 1 aliphatic rings. The molecule has 0 spiro atoms. The van der Waals surface area contributed by atoms with Crippen molar-refractivity contribution in [1.29, 1.82) is 0 Å². The average Bonchev–Trinajstić information content (AvgIpc) is 2.62. The van der Waals surface area contributed by atoms with E-state index in [4.69, 9.17) is 0 Å². The smallest absolute Gasteiger partial charge is 0.243 e. The maximum atomic E-state index is 13.2. The van der Waals surface area contributed by atoms with E-state index in [1.807, 2.05) is 0 Å². The molecule has 2 aromatic carbocycles. The molecule has 25 heavy (non-hydrogen) atoms. The maximum absolute atomic E-state index is 13.2. The van der Waals surface area contributed by atoms with Crippen molar-refractivity contribution in [1.82, 2.24) is 4.31 Å². The molecule has 0 saturated carbocycles. The third kappa shape index (κ3) is 4.05. The summed E-state index contributed by atoms with van der Waals surface area (Å²) in [6.45, 7) is 0.513. The summed E-state index contributed by atoms with van der Waals surface area (Å²) in [6.07, 6.45) is 1.20. The van der Waals surface area contributed by atoms with Crippen LogP contribution < -0.4 is 5.32 Å². The Balaban J connectivity index is 1.71. The number of sulfonamides is 1. The molecule has 5 nitrogen and oxygen atoms in total. The summed E-state index contributed by atoms with van der Waals surface area (Å²) < 4.78 is 40.0. The van der Waals surface area contributed by atoms with E-state index in [2.05, 4.69) is 5.32 Å². The van der Waals surface area contributed by atoms with Crippen molar-refractivity contribution >= 4 is 21.6 Å². The van der Waals surface area contributed by atoms with Gasteiger partial charge in [-0.3, -0.25) is 4.79 Å². The predicted octanol–water partition coefficient (Wildman–Crippen LogP) is 2.87. The number of piperidine rings is 1. The minimum atomic E-state index is -3.61. The Morgan fingerprint density at radius 1 is 1.12 bits per heavy atom. The number of anilines is 1. The number of hydrogen-bond acceptors (Lipinski definition) is 3. The Labute approximate surface area is 146 Å². The molecule has 2 aromatic rings. The van der Waals surface area contributed by atoms with Crippen LogP contribution in [0.1, 0.15) is 12.8 Å². The largest absolute Gasteiger partial charge is 0.326 e. The van der Waals surface area contributed by atoms with Crippen molar-refractivity contribution in [3.8, 4) is 0 Å². The molecule has 0 bridgehead atoms. The second-order valence-corrected chi connectivity index (χ2v) is 7.95. The molecule has 0 aliphatic carbocycles. The molecule has 1 atom stereocenters. The molecule has 1 amide bonds. The van der Waals surface area contributed by atoms with Crippen LogP contribution in [0.3, 0.4) is 0 Å². The lowest BCUT2D eigenvalue weighted by molar-refractivity contribution is -0.120. The first kappa shape index (κ1) is 17.6. The Hall–Kier alpha value is -2.25. The summed E-state index contributed by atoms with van der Waals surface area (Å²) in [4.78, 5) is 12.7. The van der Waals surface area contributed by atoms with Gasteiger partial charge in [0.05, 0.1) is 10.8 Å². The number of rotatable bonds is 4. The van der Waals surface area contributed by atoms with Crippen molar-refractivity contribution in [2.24, 2.45) is 5.92 Å². The summed E-state index contributed by atoms with van der Waals surface area (Å²) in [6, 6.07) is 13.8. The lowest BCUT2D eigenvalue weighted by atomic mass is 9.99. The zero-order valence-electron chi connectivity index (χ0n) is 13.6. The topological polar surface area (TPSA) is 66.5 Å². The van der Waals surface area contributed by atoms with Crippen LogP contribution in [0.15, 0.2) is 59.5 Å². The highest BCUT2D eigenvalue weighted by molar-refractivity contribution is 7.89. The predicted molar refractivity (Wildman–Crippen MR) is 93.0 cm³/mol. The van der Waals surface area contributed by atoms with Crippen LogP contribution in [-0.4, -0.2) is 31.7 Å². The standard InChI is InChI=1S/C18H19FN2O3S/c19-15-7-4-8-16(12-15)20-18(22)14-6-5-11-21(13-14)25(23,24)17-9-2-1-3-10-17/h1-4,7-10,12,14H,5-6,11,13H2,(H,20,22)/t14-/m0/s1. The van der Waals surface area contributed by atoms with Gasteiger partial charge < -0.3 is 5.32 Å². The molecule has 1 heterocycles. The van der Waals surface area contributed by atoms with Crippen molar-refractivity contribution in [2.75, 3.05) is 18.4 Å². The van der Waals surface area contributed by atoms with Crippen molar-refractivity contribution in [3.05, 3.63) is 60.4 Å². The number of nitrogens with one attached hydrogen (secondary N) is 1. The average molecular weight is 362 g/mol. The van der Waals surface area contributed by atoms with Gasteiger partial charge in [0.25, 0.3) is 0 Å². The normalized spacial score (nSPS) is 18.7. The van der Waals surface area contributed by atoms with Crippen molar-refractivity contribution in [3.63, 3.8) is 0 Å². The van der Waals surface area contributed by atoms with E-state index in [9.17, 15) is 17.6 Å². The van der Waals surface area contributed by atoms with Crippen LogP contribution in [0.2, 0.25) is 0 Å². The summed E-state index contributed by atoms with van der Waals surface area (Å²) in [7, 11) is -3.61. The number of halogens is 1. The summed E-state index contributed by atoms with van der Waals surface area (Å²) in [5.74, 6) is -1.19. The molecule has 132 valence electrons. The lowest BCUT2D eigenvalue weighted by Gasteiger charge is -2.31. The van der Waals surface area contributed by atoms with Gasteiger partial charge in [-0.15, -0.1) is 0 Å². The molecular weight excluding hydrogens is 343 g/mol. The van der Waals surface area contributed by atoms with Crippen LogP contribution in [0.5, 0.6) is 0 Å². The number of carbonyl (C=O) groups is 1. The molecule has 0 radical (unpaired) electrons. The van der Waals surface area contributed by atoms with E-state index in [0.717, 1.165) is 0 Å². The number of carbonyl (C=O) groups excluding carboxylic acids is 1. The Kier molecular flexibility index (Phi) is 5.15. The van der Waals surface area contributed by atoms with Gasteiger partial charge in [-0.05, 0) is 43.2 Å². The van der Waals surface area contributed by atoms with Gasteiger partial charge in [-0.1, -0.05) is 24.3 Å². The second-order valence-electron chi connectivity index (χ2n) is 6.01. The quantitative estimate of drug-likeness (QED) is 0.909. The third-order valence-corrected chi connectivity index (χ3v) is 6.11. The first-order chi connectivity index (χ1) is 12.0. The van der Waals surface area contributed by atoms with E-state index >= 15 is 0 Å². The zero-order chi connectivity index (χ0) is 17.9. The minimum Gasteiger partial charge on any atom is -0.326 e. The van der Waals surface area contributed by atoms with Crippen LogP contribution in [0, 0.1) is 11.7 Å². The molecule has 1 saturated heterocycles. The van der Waals surface area contributed by atoms with Gasteiger partial charge in [-0.2, -0.15) is 4.31 Å². The molecule has 0 aromatic heterocycles. The van der Waals surface area contributed by atoms with E-state index in [1.54, 1.807) is 36.4 Å². The third-order valence-electron chi connectivity index (χ3n) is 4.23. The molecule has 1 fully saturated rings. The fraction of sp³-hybridized carbons (Fsp3) is 0.278. The highest BCUT2D eigenvalue weighted by atomic mass is 32.2. The van der Waals surface area contributed by atoms with E-state index in [1.165, 1.54) is 22.5 Å². The van der Waals surface area contributed by atoms with E-state index in [0.29, 0.717) is 25.1 Å². The van der Waals surface area contributed by atoms with Gasteiger partial charge in [0.15, 0.2) is 0 Å². The highest BCUT2D eigenvalue weighted by Crippen LogP contribution is 2.24. The fourth-order valence-electron chi connectivity index (χ4n) is 2.93. The SMILES string of the molecule is O=C(Nc1cccc(F)c1)[C@H]1CCCN(S(=O)(=O)c2ccccc2)C1. The number of nitrogens with zero attached hydrogens (tertiary/aromatic N) is 1. The number of hydrogen-bond donors (Lipinski definition) is 1. The molecule has 0 unspecified atom stereocenters. The highest BCUT2D eigenvalue weighted by Gasteiger charge is 2.33. The Bertz CT molecular complexity index is 856. The lowest BCUT2D eigenvalue weighted by Crippen LogP contribution is -2.43. The van der Waals surface area contributed by atoms with E-state index in [-0.39, 0.29) is 17.3 Å². The molecular formula is C18H19FN2O3S. The molecule has 1 N–H and O–H groups in total.